The zero-order valence-corrected chi connectivity index (χ0v) is 17.3. The van der Waals surface area contributed by atoms with Gasteiger partial charge in [0.1, 0.15) is 17.2 Å². The van der Waals surface area contributed by atoms with Gasteiger partial charge in [-0.05, 0) is 48.4 Å². The smallest absolute Gasteiger partial charge is 0.167 e. The number of hydrogen-bond donors (Lipinski definition) is 2. The van der Waals surface area contributed by atoms with E-state index in [1.807, 2.05) is 66.9 Å². The number of hydrogen-bond acceptors (Lipinski definition) is 6. The summed E-state index contributed by atoms with van der Waals surface area (Å²) in [4.78, 5) is 16.2. The first-order chi connectivity index (χ1) is 14.7. The topological polar surface area (TPSA) is 93.1 Å². The predicted molar refractivity (Wildman–Crippen MR) is 121 cm³/mol. The SMILES string of the molecule is CC.Nc1ncccc1-c1nc2ccc(N3CCC3)nc2n1-c1ccc(CO)cc1. The van der Waals surface area contributed by atoms with Crippen LogP contribution in [0.3, 0.4) is 0 Å². The molecule has 154 valence electrons. The fraction of sp³-hybridized carbons (Fsp3) is 0.261. The lowest BCUT2D eigenvalue weighted by Crippen LogP contribution is -2.37. The number of nitrogens with zero attached hydrogens (tertiary/aromatic N) is 5. The first kappa shape index (κ1) is 19.8. The molecule has 3 N–H and O–H groups in total. The molecule has 7 heteroatoms. The molecule has 5 rings (SSSR count). The van der Waals surface area contributed by atoms with Crippen molar-refractivity contribution >= 4 is 22.8 Å². The molecule has 4 aromatic rings. The number of aliphatic hydroxyl groups is 1. The first-order valence-corrected chi connectivity index (χ1v) is 10.3. The minimum atomic E-state index is 0.00469. The maximum Gasteiger partial charge on any atom is 0.167 e. The quantitative estimate of drug-likeness (QED) is 0.539. The Labute approximate surface area is 175 Å². The van der Waals surface area contributed by atoms with Crippen LogP contribution in [0.1, 0.15) is 25.8 Å². The van der Waals surface area contributed by atoms with Crippen LogP contribution in [-0.4, -0.2) is 37.7 Å². The molecule has 1 aromatic carbocycles. The average Bonchev–Trinajstić information content (AvgIpc) is 3.13. The fourth-order valence-corrected chi connectivity index (χ4v) is 3.45. The first-order valence-electron chi connectivity index (χ1n) is 10.3. The van der Waals surface area contributed by atoms with Crippen LogP contribution in [0.15, 0.2) is 54.7 Å². The predicted octanol–water partition coefficient (Wildman–Crippen LogP) is 3.79. The summed E-state index contributed by atoms with van der Waals surface area (Å²) < 4.78 is 2.01. The van der Waals surface area contributed by atoms with Crippen LogP contribution in [0, 0.1) is 0 Å². The lowest BCUT2D eigenvalue weighted by molar-refractivity contribution is 0.282. The highest BCUT2D eigenvalue weighted by molar-refractivity contribution is 5.83. The largest absolute Gasteiger partial charge is 0.392 e. The van der Waals surface area contributed by atoms with Gasteiger partial charge in [0.25, 0.3) is 0 Å². The van der Waals surface area contributed by atoms with Crippen LogP contribution in [0.25, 0.3) is 28.2 Å². The molecule has 0 aliphatic carbocycles. The molecule has 4 heterocycles. The van der Waals surface area contributed by atoms with Gasteiger partial charge in [-0.15, -0.1) is 0 Å². The molecule has 1 aliphatic rings. The maximum atomic E-state index is 9.37. The normalized spacial score (nSPS) is 13.0. The van der Waals surface area contributed by atoms with Gasteiger partial charge in [-0.25, -0.2) is 15.0 Å². The third kappa shape index (κ3) is 3.48. The molecule has 3 aromatic heterocycles. The Balaban J connectivity index is 0.00000106. The molecule has 30 heavy (non-hydrogen) atoms. The van der Waals surface area contributed by atoms with Gasteiger partial charge in [0.2, 0.25) is 0 Å². The number of aromatic nitrogens is 4. The van der Waals surface area contributed by atoms with Crippen molar-refractivity contribution in [2.45, 2.75) is 26.9 Å². The number of rotatable bonds is 4. The summed E-state index contributed by atoms with van der Waals surface area (Å²) >= 11 is 0. The minimum Gasteiger partial charge on any atom is -0.392 e. The third-order valence-electron chi connectivity index (χ3n) is 5.13. The van der Waals surface area contributed by atoms with Crippen LogP contribution >= 0.6 is 0 Å². The van der Waals surface area contributed by atoms with E-state index in [1.165, 1.54) is 6.42 Å². The molecule has 7 nitrogen and oxygen atoms in total. The molecular formula is C23H26N6O. The van der Waals surface area contributed by atoms with Crippen molar-refractivity contribution < 1.29 is 5.11 Å². The van der Waals surface area contributed by atoms with Gasteiger partial charge in [-0.2, -0.15) is 0 Å². The van der Waals surface area contributed by atoms with E-state index in [0.717, 1.165) is 46.9 Å². The Morgan fingerprint density at radius 1 is 1.00 bits per heavy atom. The van der Waals surface area contributed by atoms with Crippen LogP contribution in [0.5, 0.6) is 0 Å². The summed E-state index contributed by atoms with van der Waals surface area (Å²) in [5.74, 6) is 2.08. The van der Waals surface area contributed by atoms with Crippen molar-refractivity contribution in [3.63, 3.8) is 0 Å². The van der Waals surface area contributed by atoms with E-state index in [4.69, 9.17) is 15.7 Å². The molecule has 0 radical (unpaired) electrons. The molecule has 0 atom stereocenters. The highest BCUT2D eigenvalue weighted by Crippen LogP contribution is 2.31. The van der Waals surface area contributed by atoms with E-state index >= 15 is 0 Å². The number of benzene rings is 1. The van der Waals surface area contributed by atoms with Gasteiger partial charge >= 0.3 is 0 Å². The lowest BCUT2D eigenvalue weighted by Gasteiger charge is -2.31. The molecule has 1 fully saturated rings. The summed E-state index contributed by atoms with van der Waals surface area (Å²) in [6, 6.07) is 15.5. The second-order valence-corrected chi connectivity index (χ2v) is 6.88. The van der Waals surface area contributed by atoms with Gasteiger partial charge in [-0.3, -0.25) is 4.57 Å². The Morgan fingerprint density at radius 2 is 1.77 bits per heavy atom. The lowest BCUT2D eigenvalue weighted by atomic mass is 10.2. The van der Waals surface area contributed by atoms with Gasteiger partial charge in [-0.1, -0.05) is 26.0 Å². The zero-order chi connectivity index (χ0) is 21.1. The average molecular weight is 403 g/mol. The number of aliphatic hydroxyl groups excluding tert-OH is 1. The Morgan fingerprint density at radius 3 is 2.40 bits per heavy atom. The van der Waals surface area contributed by atoms with Crippen LogP contribution in [0.4, 0.5) is 11.6 Å². The van der Waals surface area contributed by atoms with Crippen molar-refractivity contribution in [1.82, 2.24) is 19.5 Å². The molecule has 1 saturated heterocycles. The number of anilines is 2. The van der Waals surface area contributed by atoms with E-state index in [-0.39, 0.29) is 6.61 Å². The summed E-state index contributed by atoms with van der Waals surface area (Å²) in [6.07, 6.45) is 2.86. The summed E-state index contributed by atoms with van der Waals surface area (Å²) in [7, 11) is 0. The highest BCUT2D eigenvalue weighted by Gasteiger charge is 2.21. The van der Waals surface area contributed by atoms with E-state index < -0.39 is 0 Å². The van der Waals surface area contributed by atoms with Crippen LogP contribution in [-0.2, 0) is 6.61 Å². The van der Waals surface area contributed by atoms with E-state index in [9.17, 15) is 5.11 Å². The standard InChI is InChI=1S/C21H20N6O.C2H6/c22-19-16(3-1-10-23-19)20-24-17-8-9-18(26-11-2-12-26)25-21(17)27(20)15-6-4-14(13-28)5-7-15;1-2/h1,3-10,28H,2,11-13H2,(H2,22,23);1-2H3. The number of nitrogens with two attached hydrogens (primary N) is 1. The van der Waals surface area contributed by atoms with Crippen molar-refractivity contribution in [2.75, 3.05) is 23.7 Å². The van der Waals surface area contributed by atoms with Crippen molar-refractivity contribution in [3.8, 4) is 17.1 Å². The molecule has 0 spiro atoms. The maximum absolute atomic E-state index is 9.37. The Hall–Kier alpha value is -3.45. The van der Waals surface area contributed by atoms with E-state index in [1.54, 1.807) is 6.20 Å². The molecule has 0 bridgehead atoms. The monoisotopic (exact) mass is 402 g/mol. The second kappa shape index (κ2) is 8.51. The summed E-state index contributed by atoms with van der Waals surface area (Å²) in [5, 5.41) is 9.37. The van der Waals surface area contributed by atoms with E-state index in [2.05, 4.69) is 9.88 Å². The Kier molecular flexibility index (Phi) is 5.63. The number of nitrogen functional groups attached to an aromatic ring is 1. The van der Waals surface area contributed by atoms with Crippen LogP contribution < -0.4 is 10.6 Å². The van der Waals surface area contributed by atoms with Gasteiger partial charge in [0.05, 0.1) is 12.2 Å². The molecule has 0 unspecified atom stereocenters. The zero-order valence-electron chi connectivity index (χ0n) is 17.3. The number of fused-ring (bicyclic) bond motifs is 1. The summed E-state index contributed by atoms with van der Waals surface area (Å²) in [6.45, 7) is 6.06. The van der Waals surface area contributed by atoms with Gasteiger partial charge in [0, 0.05) is 25.0 Å². The van der Waals surface area contributed by atoms with Crippen molar-refractivity contribution in [3.05, 3.63) is 60.3 Å². The second-order valence-electron chi connectivity index (χ2n) is 6.88. The minimum absolute atomic E-state index is 0.00469. The number of pyridine rings is 2. The highest BCUT2D eigenvalue weighted by atomic mass is 16.3. The molecule has 1 aliphatic heterocycles. The van der Waals surface area contributed by atoms with Crippen LogP contribution in [0.2, 0.25) is 0 Å². The molecule has 0 saturated carbocycles. The van der Waals surface area contributed by atoms with Crippen molar-refractivity contribution in [1.29, 1.82) is 0 Å². The number of imidazole rings is 1. The fourth-order valence-electron chi connectivity index (χ4n) is 3.45. The molecular weight excluding hydrogens is 376 g/mol. The molecule has 0 amide bonds. The van der Waals surface area contributed by atoms with Crippen molar-refractivity contribution in [2.24, 2.45) is 0 Å². The third-order valence-corrected chi connectivity index (χ3v) is 5.13. The Bertz CT molecular complexity index is 1150. The van der Waals surface area contributed by atoms with Gasteiger partial charge in [0.15, 0.2) is 11.5 Å². The van der Waals surface area contributed by atoms with Gasteiger partial charge < -0.3 is 15.7 Å². The summed E-state index contributed by atoms with van der Waals surface area (Å²) in [5.41, 5.74) is 10.2. The van der Waals surface area contributed by atoms with E-state index in [0.29, 0.717) is 11.6 Å².